The van der Waals surface area contributed by atoms with Crippen LogP contribution in [0.5, 0.6) is 11.6 Å². The molecule has 6 nitrogen and oxygen atoms in total. The van der Waals surface area contributed by atoms with E-state index in [1.807, 2.05) is 6.92 Å². The van der Waals surface area contributed by atoms with E-state index in [9.17, 15) is 4.39 Å². The minimum Gasteiger partial charge on any atom is -0.437 e. The highest BCUT2D eigenvalue weighted by Gasteiger charge is 2.12. The summed E-state index contributed by atoms with van der Waals surface area (Å²) in [4.78, 5) is 8.39. The highest BCUT2D eigenvalue weighted by molar-refractivity contribution is 5.46. The Bertz CT molecular complexity index is 684. The Hall–Kier alpha value is -2.72. The van der Waals surface area contributed by atoms with E-state index < -0.39 is 5.82 Å². The summed E-state index contributed by atoms with van der Waals surface area (Å²) < 4.78 is 19.0. The van der Waals surface area contributed by atoms with E-state index in [0.717, 1.165) is 6.42 Å². The molecular weight excluding hydrogens is 273 g/mol. The van der Waals surface area contributed by atoms with Crippen LogP contribution in [0.1, 0.15) is 24.7 Å². The second kappa shape index (κ2) is 6.63. The summed E-state index contributed by atoms with van der Waals surface area (Å²) in [6, 6.07) is 7.40. The molecule has 0 unspecified atom stereocenters. The number of halogens is 1. The van der Waals surface area contributed by atoms with Crippen LogP contribution in [0, 0.1) is 17.1 Å². The Labute approximate surface area is 121 Å². The molecule has 0 aliphatic carbocycles. The molecule has 1 heterocycles. The molecule has 0 bridgehead atoms. The van der Waals surface area contributed by atoms with Gasteiger partial charge in [-0.2, -0.15) is 10.2 Å². The summed E-state index contributed by atoms with van der Waals surface area (Å²) in [5.41, 5.74) is 2.25. The fourth-order valence-electron chi connectivity index (χ4n) is 1.74. The van der Waals surface area contributed by atoms with Crippen molar-refractivity contribution in [2.75, 3.05) is 5.43 Å². The van der Waals surface area contributed by atoms with Crippen molar-refractivity contribution >= 4 is 5.82 Å². The maximum atomic E-state index is 13.5. The van der Waals surface area contributed by atoms with Crippen LogP contribution in [0.3, 0.4) is 0 Å². The van der Waals surface area contributed by atoms with Gasteiger partial charge in [-0.05, 0) is 18.6 Å². The van der Waals surface area contributed by atoms with Gasteiger partial charge >= 0.3 is 0 Å². The highest BCUT2D eigenvalue weighted by Crippen LogP contribution is 2.26. The average molecular weight is 287 g/mol. The van der Waals surface area contributed by atoms with Gasteiger partial charge in [0.15, 0.2) is 0 Å². The van der Waals surface area contributed by atoms with Crippen molar-refractivity contribution in [1.82, 2.24) is 9.97 Å². The van der Waals surface area contributed by atoms with Crippen LogP contribution < -0.4 is 16.0 Å². The maximum Gasteiger partial charge on any atom is 0.224 e. The number of nitrogens with one attached hydrogen (secondary N) is 1. The summed E-state index contributed by atoms with van der Waals surface area (Å²) in [7, 11) is 0. The van der Waals surface area contributed by atoms with E-state index in [1.54, 1.807) is 6.07 Å². The lowest BCUT2D eigenvalue weighted by atomic mass is 10.2. The maximum absolute atomic E-state index is 13.5. The average Bonchev–Trinajstić information content (AvgIpc) is 2.47. The topological polar surface area (TPSA) is 96.9 Å². The van der Waals surface area contributed by atoms with Crippen molar-refractivity contribution in [2.45, 2.75) is 19.8 Å². The minimum atomic E-state index is -0.644. The van der Waals surface area contributed by atoms with Gasteiger partial charge in [0, 0.05) is 12.5 Å². The van der Waals surface area contributed by atoms with Gasteiger partial charge in [-0.3, -0.25) is 0 Å². The fourth-order valence-corrected chi connectivity index (χ4v) is 1.74. The van der Waals surface area contributed by atoms with E-state index in [-0.39, 0.29) is 17.2 Å². The van der Waals surface area contributed by atoms with Crippen LogP contribution in [-0.4, -0.2) is 9.97 Å². The molecule has 7 heteroatoms. The number of anilines is 1. The van der Waals surface area contributed by atoms with E-state index in [2.05, 4.69) is 15.4 Å². The van der Waals surface area contributed by atoms with Crippen LogP contribution in [0.2, 0.25) is 0 Å². The number of benzene rings is 1. The first-order chi connectivity index (χ1) is 10.2. The number of hydrogen-bond acceptors (Lipinski definition) is 6. The fraction of sp³-hybridized carbons (Fsp3) is 0.214. The smallest absolute Gasteiger partial charge is 0.224 e. The number of rotatable bonds is 5. The predicted octanol–water partition coefficient (Wildman–Crippen LogP) is 2.52. The largest absolute Gasteiger partial charge is 0.437 e. The van der Waals surface area contributed by atoms with Gasteiger partial charge in [-0.1, -0.05) is 13.0 Å². The first-order valence-electron chi connectivity index (χ1n) is 6.39. The first-order valence-corrected chi connectivity index (χ1v) is 6.39. The zero-order valence-corrected chi connectivity index (χ0v) is 11.4. The van der Waals surface area contributed by atoms with Crippen molar-refractivity contribution in [3.8, 4) is 17.7 Å². The summed E-state index contributed by atoms with van der Waals surface area (Å²) in [5.74, 6) is 5.94. The molecule has 21 heavy (non-hydrogen) atoms. The lowest BCUT2D eigenvalue weighted by Crippen LogP contribution is -2.11. The van der Waals surface area contributed by atoms with Gasteiger partial charge < -0.3 is 10.2 Å². The molecular formula is C14H14FN5O. The summed E-state index contributed by atoms with van der Waals surface area (Å²) >= 11 is 0. The van der Waals surface area contributed by atoms with Crippen LogP contribution in [0.25, 0.3) is 0 Å². The number of nitriles is 1. The molecule has 0 saturated heterocycles. The van der Waals surface area contributed by atoms with Gasteiger partial charge in [-0.15, -0.1) is 0 Å². The molecule has 2 rings (SSSR count). The summed E-state index contributed by atoms with van der Waals surface area (Å²) in [5, 5.41) is 8.98. The highest BCUT2D eigenvalue weighted by atomic mass is 19.1. The molecule has 3 N–H and O–H groups in total. The quantitative estimate of drug-likeness (QED) is 0.648. The van der Waals surface area contributed by atoms with E-state index in [0.29, 0.717) is 18.1 Å². The number of hydrazine groups is 1. The molecule has 0 saturated carbocycles. The number of nitrogens with two attached hydrogens (primary N) is 1. The molecule has 108 valence electrons. The molecule has 2 aromatic rings. The van der Waals surface area contributed by atoms with Gasteiger partial charge in [0.2, 0.25) is 5.88 Å². The number of aryl methyl sites for hydroxylation is 1. The first kappa shape index (κ1) is 14.7. The number of nitrogens with zero attached hydrogens (tertiary/aromatic N) is 3. The molecule has 1 aromatic carbocycles. The minimum absolute atomic E-state index is 0.0987. The van der Waals surface area contributed by atoms with Crippen LogP contribution in [0.4, 0.5) is 10.2 Å². The normalized spacial score (nSPS) is 10.0. The third kappa shape index (κ3) is 3.43. The molecule has 0 radical (unpaired) electrons. The van der Waals surface area contributed by atoms with E-state index >= 15 is 0 Å². The SMILES string of the molecule is CCCc1nc(NN)cc(Oc2cccc(F)c2C#N)n1. The Morgan fingerprint density at radius 3 is 2.90 bits per heavy atom. The predicted molar refractivity (Wildman–Crippen MR) is 75.0 cm³/mol. The van der Waals surface area contributed by atoms with Crippen molar-refractivity contribution in [3.05, 3.63) is 41.5 Å². The van der Waals surface area contributed by atoms with Crippen molar-refractivity contribution in [2.24, 2.45) is 5.84 Å². The second-order valence-corrected chi connectivity index (χ2v) is 4.23. The second-order valence-electron chi connectivity index (χ2n) is 4.23. The third-order valence-corrected chi connectivity index (χ3v) is 2.67. The molecule has 0 spiro atoms. The third-order valence-electron chi connectivity index (χ3n) is 2.67. The van der Waals surface area contributed by atoms with Gasteiger partial charge in [0.05, 0.1) is 0 Å². The van der Waals surface area contributed by atoms with Crippen LogP contribution in [0.15, 0.2) is 24.3 Å². The summed E-state index contributed by atoms with van der Waals surface area (Å²) in [6.07, 6.45) is 1.51. The Morgan fingerprint density at radius 2 is 2.24 bits per heavy atom. The Balaban J connectivity index is 2.37. The molecule has 0 aliphatic heterocycles. The number of ether oxygens (including phenoxy) is 1. The lowest BCUT2D eigenvalue weighted by molar-refractivity contribution is 0.452. The van der Waals surface area contributed by atoms with E-state index in [1.165, 1.54) is 24.3 Å². The molecule has 0 fully saturated rings. The van der Waals surface area contributed by atoms with Crippen molar-refractivity contribution in [1.29, 1.82) is 5.26 Å². The number of nitrogen functional groups attached to an aromatic ring is 1. The zero-order valence-electron chi connectivity index (χ0n) is 11.4. The van der Waals surface area contributed by atoms with E-state index in [4.69, 9.17) is 15.8 Å². The van der Waals surface area contributed by atoms with Gasteiger partial charge in [0.1, 0.15) is 34.8 Å². The standard InChI is InChI=1S/C14H14FN5O/c1-2-4-12-18-13(20-17)7-14(19-12)21-11-6-3-5-10(15)9(11)8-16/h3,5-7H,2,4,17H2,1H3,(H,18,19,20). The van der Waals surface area contributed by atoms with Gasteiger partial charge in [-0.25, -0.2) is 15.2 Å². The van der Waals surface area contributed by atoms with Crippen LogP contribution in [-0.2, 0) is 6.42 Å². The van der Waals surface area contributed by atoms with Crippen LogP contribution >= 0.6 is 0 Å². The molecule has 0 atom stereocenters. The Kier molecular flexibility index (Phi) is 4.64. The molecule has 0 amide bonds. The molecule has 1 aromatic heterocycles. The van der Waals surface area contributed by atoms with Crippen molar-refractivity contribution < 1.29 is 9.13 Å². The number of aromatic nitrogens is 2. The molecule has 0 aliphatic rings. The monoisotopic (exact) mass is 287 g/mol. The van der Waals surface area contributed by atoms with Crippen molar-refractivity contribution in [3.63, 3.8) is 0 Å². The Morgan fingerprint density at radius 1 is 1.43 bits per heavy atom. The van der Waals surface area contributed by atoms with Gasteiger partial charge in [0.25, 0.3) is 0 Å². The lowest BCUT2D eigenvalue weighted by Gasteiger charge is -2.09. The summed E-state index contributed by atoms with van der Waals surface area (Å²) in [6.45, 7) is 1.99. The number of hydrogen-bond donors (Lipinski definition) is 2. The zero-order chi connectivity index (χ0) is 15.2.